The first-order valence-corrected chi connectivity index (χ1v) is 5.95. The average molecular weight is 222 g/mol. The minimum Gasteiger partial charge on any atom is -0.382 e. The molecule has 0 aliphatic rings. The second-order valence-corrected chi connectivity index (χ2v) is 4.12. The van der Waals surface area contributed by atoms with Gasteiger partial charge < -0.3 is 10.7 Å². The van der Waals surface area contributed by atoms with Crippen molar-refractivity contribution in [1.29, 1.82) is 0 Å². The summed E-state index contributed by atoms with van der Waals surface area (Å²) in [6, 6.07) is 4.35. The minimum absolute atomic E-state index is 0.486. The van der Waals surface area contributed by atoms with E-state index in [1.807, 2.05) is 12.1 Å². The molecule has 0 saturated carbocycles. The van der Waals surface area contributed by atoms with Crippen LogP contribution in [0.4, 0.5) is 11.5 Å². The molecule has 1 rings (SSSR count). The molecular formula is C12H22N4. The Morgan fingerprint density at radius 3 is 2.94 bits per heavy atom. The zero-order valence-corrected chi connectivity index (χ0v) is 10.2. The lowest BCUT2D eigenvalue weighted by atomic mass is 10.1. The molecule has 0 aliphatic heterocycles. The highest BCUT2D eigenvalue weighted by atomic mass is 15.2. The Balaban J connectivity index is 2.39. The first-order chi connectivity index (χ1) is 7.76. The molecule has 4 N–H and O–H groups in total. The van der Waals surface area contributed by atoms with Gasteiger partial charge >= 0.3 is 0 Å². The van der Waals surface area contributed by atoms with Crippen LogP contribution >= 0.6 is 0 Å². The fourth-order valence-electron chi connectivity index (χ4n) is 1.66. The van der Waals surface area contributed by atoms with Gasteiger partial charge in [0.05, 0.1) is 0 Å². The zero-order chi connectivity index (χ0) is 11.8. The van der Waals surface area contributed by atoms with Gasteiger partial charge in [0, 0.05) is 24.0 Å². The predicted octanol–water partition coefficient (Wildman–Crippen LogP) is 2.75. The van der Waals surface area contributed by atoms with E-state index < -0.39 is 0 Å². The quantitative estimate of drug-likeness (QED) is 0.377. The van der Waals surface area contributed by atoms with Crippen LogP contribution in [0.1, 0.15) is 39.5 Å². The highest BCUT2D eigenvalue weighted by Crippen LogP contribution is 2.14. The largest absolute Gasteiger partial charge is 0.382 e. The maximum Gasteiger partial charge on any atom is 0.141 e. The Labute approximate surface area is 97.6 Å². The molecule has 0 aromatic carbocycles. The van der Waals surface area contributed by atoms with Gasteiger partial charge in [-0.15, -0.1) is 0 Å². The molecule has 0 spiro atoms. The number of hydrazine groups is 1. The summed E-state index contributed by atoms with van der Waals surface area (Å²) >= 11 is 0. The van der Waals surface area contributed by atoms with Gasteiger partial charge in [-0.2, -0.15) is 0 Å². The third kappa shape index (κ3) is 4.49. The molecule has 1 unspecified atom stereocenters. The summed E-state index contributed by atoms with van der Waals surface area (Å²) in [6.45, 7) is 4.42. The molecular weight excluding hydrogens is 200 g/mol. The van der Waals surface area contributed by atoms with Crippen molar-refractivity contribution in [3.8, 4) is 0 Å². The molecule has 4 nitrogen and oxygen atoms in total. The third-order valence-corrected chi connectivity index (χ3v) is 2.56. The number of rotatable bonds is 7. The van der Waals surface area contributed by atoms with Crippen molar-refractivity contribution in [2.45, 2.75) is 45.6 Å². The first kappa shape index (κ1) is 12.8. The standard InChI is InChI=1S/C12H22N4/c1-3-4-5-6-10(2)15-11-7-8-14-12(9-11)16-13/h7-10H,3-6,13H2,1-2H3,(H2,14,15,16). The maximum atomic E-state index is 5.31. The lowest BCUT2D eigenvalue weighted by molar-refractivity contribution is 0.615. The number of aromatic nitrogens is 1. The number of nitrogen functional groups attached to an aromatic ring is 1. The summed E-state index contributed by atoms with van der Waals surface area (Å²) < 4.78 is 0. The molecule has 0 bridgehead atoms. The van der Waals surface area contributed by atoms with Gasteiger partial charge in [0.25, 0.3) is 0 Å². The molecule has 4 heteroatoms. The van der Waals surface area contributed by atoms with Crippen molar-refractivity contribution < 1.29 is 0 Å². The van der Waals surface area contributed by atoms with Crippen molar-refractivity contribution in [3.63, 3.8) is 0 Å². The van der Waals surface area contributed by atoms with Crippen LogP contribution in [0.25, 0.3) is 0 Å². The Hall–Kier alpha value is -1.29. The number of hydrogen-bond donors (Lipinski definition) is 3. The number of pyridine rings is 1. The van der Waals surface area contributed by atoms with Crippen molar-refractivity contribution in [2.24, 2.45) is 5.84 Å². The molecule has 0 fully saturated rings. The van der Waals surface area contributed by atoms with Crippen LogP contribution < -0.4 is 16.6 Å². The molecule has 0 aliphatic carbocycles. The van der Waals surface area contributed by atoms with E-state index in [9.17, 15) is 0 Å². The van der Waals surface area contributed by atoms with Crippen molar-refractivity contribution in [3.05, 3.63) is 18.3 Å². The summed E-state index contributed by atoms with van der Waals surface area (Å²) in [4.78, 5) is 4.06. The van der Waals surface area contributed by atoms with E-state index in [4.69, 9.17) is 5.84 Å². The number of unbranched alkanes of at least 4 members (excludes halogenated alkanes) is 2. The fraction of sp³-hybridized carbons (Fsp3) is 0.583. The molecule has 0 radical (unpaired) electrons. The molecule has 0 amide bonds. The Morgan fingerprint density at radius 1 is 1.44 bits per heavy atom. The van der Waals surface area contributed by atoms with E-state index in [1.54, 1.807) is 6.20 Å². The lowest BCUT2D eigenvalue weighted by Crippen LogP contribution is -2.15. The predicted molar refractivity (Wildman–Crippen MR) is 69.3 cm³/mol. The molecule has 1 heterocycles. The van der Waals surface area contributed by atoms with E-state index >= 15 is 0 Å². The average Bonchev–Trinajstić information content (AvgIpc) is 2.29. The van der Waals surface area contributed by atoms with Crippen LogP contribution in [0.5, 0.6) is 0 Å². The van der Waals surface area contributed by atoms with Crippen molar-refractivity contribution in [1.82, 2.24) is 4.98 Å². The first-order valence-electron chi connectivity index (χ1n) is 5.95. The van der Waals surface area contributed by atoms with E-state index in [0.29, 0.717) is 11.9 Å². The molecule has 0 saturated heterocycles. The zero-order valence-electron chi connectivity index (χ0n) is 10.2. The van der Waals surface area contributed by atoms with E-state index in [-0.39, 0.29) is 0 Å². The van der Waals surface area contributed by atoms with E-state index in [2.05, 4.69) is 29.6 Å². The van der Waals surface area contributed by atoms with Gasteiger partial charge in [-0.3, -0.25) is 0 Å². The maximum absolute atomic E-state index is 5.31. The Bertz CT molecular complexity index is 301. The van der Waals surface area contributed by atoms with Crippen LogP contribution in [-0.4, -0.2) is 11.0 Å². The number of nitrogens with two attached hydrogens (primary N) is 1. The number of nitrogens with one attached hydrogen (secondary N) is 2. The van der Waals surface area contributed by atoms with Gasteiger partial charge in [-0.05, 0) is 19.4 Å². The summed E-state index contributed by atoms with van der Waals surface area (Å²) in [6.07, 6.45) is 6.79. The van der Waals surface area contributed by atoms with Gasteiger partial charge in [-0.25, -0.2) is 10.8 Å². The van der Waals surface area contributed by atoms with Crippen LogP contribution in [0.15, 0.2) is 18.3 Å². The second-order valence-electron chi connectivity index (χ2n) is 4.12. The minimum atomic E-state index is 0.486. The molecule has 1 atom stereocenters. The van der Waals surface area contributed by atoms with Crippen molar-refractivity contribution >= 4 is 11.5 Å². The second kappa shape index (κ2) is 7.06. The summed E-state index contributed by atoms with van der Waals surface area (Å²) in [7, 11) is 0. The highest BCUT2D eigenvalue weighted by Gasteiger charge is 2.02. The highest BCUT2D eigenvalue weighted by molar-refractivity contribution is 5.51. The van der Waals surface area contributed by atoms with Crippen LogP contribution in [0.2, 0.25) is 0 Å². The normalized spacial score (nSPS) is 12.2. The monoisotopic (exact) mass is 222 g/mol. The van der Waals surface area contributed by atoms with Crippen LogP contribution in [-0.2, 0) is 0 Å². The number of nitrogens with zero attached hydrogens (tertiary/aromatic N) is 1. The molecule has 1 aromatic heterocycles. The number of hydrogen-bond acceptors (Lipinski definition) is 4. The van der Waals surface area contributed by atoms with Gasteiger partial charge in [0.1, 0.15) is 5.82 Å². The van der Waals surface area contributed by atoms with Crippen LogP contribution in [0.3, 0.4) is 0 Å². The third-order valence-electron chi connectivity index (χ3n) is 2.56. The van der Waals surface area contributed by atoms with Crippen molar-refractivity contribution in [2.75, 3.05) is 10.7 Å². The van der Waals surface area contributed by atoms with E-state index in [1.165, 1.54) is 25.7 Å². The number of anilines is 2. The van der Waals surface area contributed by atoms with Gasteiger partial charge in [-0.1, -0.05) is 26.2 Å². The van der Waals surface area contributed by atoms with Gasteiger partial charge in [0.15, 0.2) is 0 Å². The smallest absolute Gasteiger partial charge is 0.141 e. The van der Waals surface area contributed by atoms with Crippen LogP contribution in [0, 0.1) is 0 Å². The lowest BCUT2D eigenvalue weighted by Gasteiger charge is -2.15. The topological polar surface area (TPSA) is 63.0 Å². The van der Waals surface area contributed by atoms with E-state index in [0.717, 1.165) is 5.69 Å². The van der Waals surface area contributed by atoms with Gasteiger partial charge in [0.2, 0.25) is 0 Å². The summed E-state index contributed by atoms with van der Waals surface area (Å²) in [5.74, 6) is 5.99. The SMILES string of the molecule is CCCCCC(C)Nc1ccnc(NN)c1. The Morgan fingerprint density at radius 2 is 2.25 bits per heavy atom. The fourth-order valence-corrected chi connectivity index (χ4v) is 1.66. The molecule has 1 aromatic rings. The molecule has 16 heavy (non-hydrogen) atoms. The summed E-state index contributed by atoms with van der Waals surface area (Å²) in [5.41, 5.74) is 3.60. The summed E-state index contributed by atoms with van der Waals surface area (Å²) in [5, 5.41) is 3.44. The Kier molecular flexibility index (Phi) is 5.64. The molecule has 90 valence electrons.